The lowest BCUT2D eigenvalue weighted by Gasteiger charge is -2.14. The van der Waals surface area contributed by atoms with Crippen LogP contribution in [0.3, 0.4) is 0 Å². The van der Waals surface area contributed by atoms with Crippen LogP contribution in [0.2, 0.25) is 0 Å². The van der Waals surface area contributed by atoms with Gasteiger partial charge in [0.2, 0.25) is 5.91 Å². The van der Waals surface area contributed by atoms with E-state index in [1.54, 1.807) is 7.11 Å². The minimum Gasteiger partial charge on any atom is -0.385 e. The lowest BCUT2D eigenvalue weighted by Crippen LogP contribution is -2.37. The summed E-state index contributed by atoms with van der Waals surface area (Å²) in [5, 5.41) is 2.86. The number of ether oxygens (including phenoxy) is 1. The molecule has 1 fully saturated rings. The Kier molecular flexibility index (Phi) is 5.60. The molecule has 0 radical (unpaired) electrons. The molecule has 0 aromatic rings. The number of amides is 1. The Balaban J connectivity index is 2.03. The van der Waals surface area contributed by atoms with Gasteiger partial charge in [-0.25, -0.2) is 0 Å². The van der Waals surface area contributed by atoms with Gasteiger partial charge in [-0.05, 0) is 12.8 Å². The Morgan fingerprint density at radius 2 is 2.47 bits per heavy atom. The number of nitrogens with one attached hydrogen (secondary N) is 1. The zero-order chi connectivity index (χ0) is 11.1. The average molecular weight is 215 g/mol. The van der Waals surface area contributed by atoms with E-state index in [1.807, 2.05) is 0 Å². The molecule has 5 heteroatoms. The van der Waals surface area contributed by atoms with E-state index < -0.39 is 0 Å². The van der Waals surface area contributed by atoms with E-state index >= 15 is 0 Å². The first kappa shape index (κ1) is 12.4. The molecule has 1 aliphatic rings. The number of hydrogen-bond donors (Lipinski definition) is 2. The number of nitrogens with two attached hydrogens (primary N) is 1. The van der Waals surface area contributed by atoms with E-state index in [-0.39, 0.29) is 11.9 Å². The summed E-state index contributed by atoms with van der Waals surface area (Å²) < 4.78 is 4.89. The van der Waals surface area contributed by atoms with Crippen molar-refractivity contribution >= 4 is 5.91 Å². The Hall–Kier alpha value is -0.650. The van der Waals surface area contributed by atoms with Gasteiger partial charge in [-0.15, -0.1) is 0 Å². The normalized spacial score (nSPS) is 21.9. The molecule has 15 heavy (non-hydrogen) atoms. The lowest BCUT2D eigenvalue weighted by atomic mass is 10.3. The maximum absolute atomic E-state index is 11.4. The van der Waals surface area contributed by atoms with Crippen LogP contribution in [0.15, 0.2) is 0 Å². The van der Waals surface area contributed by atoms with Crippen molar-refractivity contribution in [2.45, 2.75) is 18.9 Å². The molecule has 1 heterocycles. The predicted molar refractivity (Wildman–Crippen MR) is 58.5 cm³/mol. The number of hydrogen-bond acceptors (Lipinski definition) is 4. The first-order valence-corrected chi connectivity index (χ1v) is 5.46. The molecule has 1 rings (SSSR count). The number of nitrogens with zero attached hydrogens (tertiary/aromatic N) is 1. The second-order valence-corrected chi connectivity index (χ2v) is 3.98. The molecule has 0 saturated carbocycles. The van der Waals surface area contributed by atoms with Crippen LogP contribution in [-0.2, 0) is 9.53 Å². The van der Waals surface area contributed by atoms with Crippen molar-refractivity contribution in [2.24, 2.45) is 5.73 Å². The van der Waals surface area contributed by atoms with E-state index in [9.17, 15) is 4.79 Å². The highest BCUT2D eigenvalue weighted by Crippen LogP contribution is 2.05. The molecule has 0 bridgehead atoms. The first-order valence-electron chi connectivity index (χ1n) is 5.46. The highest BCUT2D eigenvalue weighted by atomic mass is 16.5. The Labute approximate surface area is 90.9 Å². The Morgan fingerprint density at radius 3 is 3.07 bits per heavy atom. The quantitative estimate of drug-likeness (QED) is 0.568. The van der Waals surface area contributed by atoms with Gasteiger partial charge in [-0.3, -0.25) is 9.69 Å². The van der Waals surface area contributed by atoms with Crippen molar-refractivity contribution in [1.29, 1.82) is 0 Å². The second-order valence-electron chi connectivity index (χ2n) is 3.98. The smallest absolute Gasteiger partial charge is 0.234 e. The van der Waals surface area contributed by atoms with E-state index in [4.69, 9.17) is 10.5 Å². The van der Waals surface area contributed by atoms with Gasteiger partial charge in [-0.2, -0.15) is 0 Å². The second kappa shape index (κ2) is 6.76. The largest absolute Gasteiger partial charge is 0.385 e. The number of likely N-dealkylation sites (tertiary alicyclic amines) is 1. The molecule has 1 saturated heterocycles. The molecule has 0 aromatic carbocycles. The van der Waals surface area contributed by atoms with E-state index in [0.29, 0.717) is 19.7 Å². The fraction of sp³-hybridized carbons (Fsp3) is 0.900. The maximum atomic E-state index is 11.4. The molecule has 0 unspecified atom stereocenters. The number of carbonyl (C=O) groups excluding carboxylic acids is 1. The molecule has 0 spiro atoms. The van der Waals surface area contributed by atoms with Gasteiger partial charge in [0.05, 0.1) is 6.54 Å². The number of rotatable bonds is 6. The summed E-state index contributed by atoms with van der Waals surface area (Å²) in [6, 6.07) is 0.242. The van der Waals surface area contributed by atoms with Gasteiger partial charge in [0, 0.05) is 39.4 Å². The first-order chi connectivity index (χ1) is 7.22. The summed E-state index contributed by atoms with van der Waals surface area (Å²) in [5.74, 6) is 0.0835. The third kappa shape index (κ3) is 5.11. The summed E-state index contributed by atoms with van der Waals surface area (Å²) in [4.78, 5) is 13.5. The third-order valence-corrected chi connectivity index (χ3v) is 2.52. The summed E-state index contributed by atoms with van der Waals surface area (Å²) >= 11 is 0. The molecule has 0 aromatic heterocycles. The summed E-state index contributed by atoms with van der Waals surface area (Å²) in [6.07, 6.45) is 1.86. The predicted octanol–water partition coefficient (Wildman–Crippen LogP) is -0.828. The molecule has 1 atom stereocenters. The van der Waals surface area contributed by atoms with Crippen LogP contribution < -0.4 is 11.1 Å². The molecular formula is C10H21N3O2. The van der Waals surface area contributed by atoms with Crippen LogP contribution in [0.5, 0.6) is 0 Å². The van der Waals surface area contributed by atoms with Crippen molar-refractivity contribution in [1.82, 2.24) is 10.2 Å². The molecular weight excluding hydrogens is 194 g/mol. The molecule has 88 valence electrons. The molecule has 5 nitrogen and oxygen atoms in total. The van der Waals surface area contributed by atoms with Crippen LogP contribution >= 0.6 is 0 Å². The fourth-order valence-corrected chi connectivity index (χ4v) is 1.71. The van der Waals surface area contributed by atoms with E-state index in [0.717, 1.165) is 25.9 Å². The fourth-order valence-electron chi connectivity index (χ4n) is 1.71. The van der Waals surface area contributed by atoms with Crippen LogP contribution in [0.4, 0.5) is 0 Å². The lowest BCUT2D eigenvalue weighted by molar-refractivity contribution is -0.122. The van der Waals surface area contributed by atoms with Crippen LogP contribution in [0.25, 0.3) is 0 Å². The Morgan fingerprint density at radius 1 is 1.67 bits per heavy atom. The minimum atomic E-state index is 0.0835. The van der Waals surface area contributed by atoms with Gasteiger partial charge in [-0.1, -0.05) is 0 Å². The van der Waals surface area contributed by atoms with Crippen molar-refractivity contribution in [2.75, 3.05) is 39.9 Å². The third-order valence-electron chi connectivity index (χ3n) is 2.52. The van der Waals surface area contributed by atoms with Crippen molar-refractivity contribution in [3.8, 4) is 0 Å². The van der Waals surface area contributed by atoms with E-state index in [2.05, 4.69) is 10.2 Å². The van der Waals surface area contributed by atoms with Crippen molar-refractivity contribution in [3.63, 3.8) is 0 Å². The highest BCUT2D eigenvalue weighted by molar-refractivity contribution is 5.78. The van der Waals surface area contributed by atoms with Gasteiger partial charge in [0.25, 0.3) is 0 Å². The minimum absolute atomic E-state index is 0.0835. The standard InChI is InChI=1S/C10H21N3O2/c1-15-6-2-4-12-10(14)8-13-5-3-9(11)7-13/h9H,2-8,11H2,1H3,(H,12,14)/t9-/m0/s1. The maximum Gasteiger partial charge on any atom is 0.234 e. The van der Waals surface area contributed by atoms with Gasteiger partial charge in [0.1, 0.15) is 0 Å². The summed E-state index contributed by atoms with van der Waals surface area (Å²) in [6.45, 7) is 3.63. The zero-order valence-corrected chi connectivity index (χ0v) is 9.37. The Bertz CT molecular complexity index is 199. The van der Waals surface area contributed by atoms with E-state index in [1.165, 1.54) is 0 Å². The monoisotopic (exact) mass is 215 g/mol. The van der Waals surface area contributed by atoms with Gasteiger partial charge < -0.3 is 15.8 Å². The molecule has 1 aliphatic heterocycles. The van der Waals surface area contributed by atoms with Gasteiger partial charge in [0.15, 0.2) is 0 Å². The average Bonchev–Trinajstić information content (AvgIpc) is 2.59. The SMILES string of the molecule is COCCCNC(=O)CN1CC[C@H](N)C1. The number of carbonyl (C=O) groups is 1. The van der Waals surface area contributed by atoms with Crippen LogP contribution in [0.1, 0.15) is 12.8 Å². The van der Waals surface area contributed by atoms with Crippen molar-refractivity contribution in [3.05, 3.63) is 0 Å². The summed E-state index contributed by atoms with van der Waals surface area (Å²) in [5.41, 5.74) is 5.75. The topological polar surface area (TPSA) is 67.6 Å². The molecule has 1 amide bonds. The number of methoxy groups -OCH3 is 1. The van der Waals surface area contributed by atoms with Crippen molar-refractivity contribution < 1.29 is 9.53 Å². The van der Waals surface area contributed by atoms with Gasteiger partial charge >= 0.3 is 0 Å². The van der Waals surface area contributed by atoms with Crippen LogP contribution in [-0.4, -0.2) is 56.7 Å². The molecule has 0 aliphatic carbocycles. The van der Waals surface area contributed by atoms with Crippen LogP contribution in [0, 0.1) is 0 Å². The zero-order valence-electron chi connectivity index (χ0n) is 9.37. The summed E-state index contributed by atoms with van der Waals surface area (Å²) in [7, 11) is 1.66. The highest BCUT2D eigenvalue weighted by Gasteiger charge is 2.20. The molecule has 3 N–H and O–H groups in total.